The van der Waals surface area contributed by atoms with Crippen LogP contribution in [0.5, 0.6) is 0 Å². The van der Waals surface area contributed by atoms with Crippen molar-refractivity contribution in [1.82, 2.24) is 4.90 Å². The number of carbonyl (C=O) groups is 2. The van der Waals surface area contributed by atoms with E-state index in [0.29, 0.717) is 11.5 Å². The molecule has 0 bridgehead atoms. The van der Waals surface area contributed by atoms with E-state index in [0.717, 1.165) is 22.8 Å². The zero-order chi connectivity index (χ0) is 17.6. The van der Waals surface area contributed by atoms with Crippen LogP contribution in [0.15, 0.2) is 36.4 Å². The highest BCUT2D eigenvalue weighted by Crippen LogP contribution is 2.45. The smallest absolute Gasteiger partial charge is 0.260 e. The van der Waals surface area contributed by atoms with Crippen LogP contribution in [-0.2, 0) is 10.2 Å². The predicted molar refractivity (Wildman–Crippen MR) is 99.6 cm³/mol. The Labute approximate surface area is 149 Å². The van der Waals surface area contributed by atoms with Gasteiger partial charge in [0.05, 0.1) is 5.41 Å². The monoisotopic (exact) mass is 335 g/mol. The fraction of sp³-hybridized carbons (Fsp3) is 0.455. The molecule has 25 heavy (non-hydrogen) atoms. The van der Waals surface area contributed by atoms with E-state index in [1.165, 1.54) is 37.0 Å². The van der Waals surface area contributed by atoms with Crippen molar-refractivity contribution >= 4 is 22.6 Å². The topological polar surface area (TPSA) is 37.4 Å². The largest absolute Gasteiger partial charge is 0.281 e. The molecule has 3 nitrogen and oxygen atoms in total. The Morgan fingerprint density at radius 3 is 2.52 bits per heavy atom. The number of hydrogen-bond acceptors (Lipinski definition) is 2. The van der Waals surface area contributed by atoms with Crippen LogP contribution in [0.25, 0.3) is 10.8 Å². The van der Waals surface area contributed by atoms with E-state index >= 15 is 0 Å². The lowest BCUT2D eigenvalue weighted by molar-refractivity contribution is -0.134. The molecule has 0 saturated heterocycles. The highest BCUT2D eigenvalue weighted by molar-refractivity contribution is 6.16. The van der Waals surface area contributed by atoms with Crippen LogP contribution in [0, 0.1) is 5.92 Å². The normalized spacial score (nSPS) is 24.6. The van der Waals surface area contributed by atoms with Gasteiger partial charge in [-0.1, -0.05) is 62.4 Å². The summed E-state index contributed by atoms with van der Waals surface area (Å²) < 4.78 is 0. The van der Waals surface area contributed by atoms with Crippen LogP contribution < -0.4 is 0 Å². The predicted octanol–water partition coefficient (Wildman–Crippen LogP) is 4.68. The van der Waals surface area contributed by atoms with Gasteiger partial charge in [0.2, 0.25) is 5.91 Å². The van der Waals surface area contributed by atoms with Gasteiger partial charge in [-0.15, -0.1) is 0 Å². The molecule has 0 N–H and O–H groups in total. The number of benzene rings is 2. The molecular weight excluding hydrogens is 310 g/mol. The van der Waals surface area contributed by atoms with Gasteiger partial charge >= 0.3 is 0 Å². The first-order valence-corrected chi connectivity index (χ1v) is 9.37. The number of imide groups is 1. The van der Waals surface area contributed by atoms with Crippen LogP contribution in [0.2, 0.25) is 0 Å². The molecule has 3 heteroatoms. The van der Waals surface area contributed by atoms with E-state index in [4.69, 9.17) is 0 Å². The quantitative estimate of drug-likeness (QED) is 0.747. The minimum Gasteiger partial charge on any atom is -0.281 e. The lowest BCUT2D eigenvalue weighted by Gasteiger charge is -2.41. The van der Waals surface area contributed by atoms with Crippen molar-refractivity contribution in [2.45, 2.75) is 50.9 Å². The van der Waals surface area contributed by atoms with Crippen molar-refractivity contribution in [2.75, 3.05) is 7.05 Å². The molecule has 0 radical (unpaired) electrons. The molecule has 2 amide bonds. The van der Waals surface area contributed by atoms with Crippen molar-refractivity contribution in [3.05, 3.63) is 47.5 Å². The van der Waals surface area contributed by atoms with Crippen LogP contribution in [0.4, 0.5) is 0 Å². The molecule has 2 aromatic rings. The summed E-state index contributed by atoms with van der Waals surface area (Å²) >= 11 is 0. The van der Waals surface area contributed by atoms with Crippen LogP contribution in [-0.4, -0.2) is 23.8 Å². The molecule has 0 aromatic heterocycles. The Kier molecular flexibility index (Phi) is 3.90. The third-order valence-corrected chi connectivity index (χ3v) is 6.21. The average Bonchev–Trinajstić information content (AvgIpc) is 2.65. The van der Waals surface area contributed by atoms with Gasteiger partial charge in [-0.25, -0.2) is 0 Å². The summed E-state index contributed by atoms with van der Waals surface area (Å²) in [5, 5.41) is 2.15. The van der Waals surface area contributed by atoms with Crippen molar-refractivity contribution in [3.63, 3.8) is 0 Å². The fourth-order valence-corrected chi connectivity index (χ4v) is 4.95. The minimum absolute atomic E-state index is 0.0491. The lowest BCUT2D eigenvalue weighted by Crippen LogP contribution is -2.52. The number of fused-ring (bicyclic) bond motifs is 3. The van der Waals surface area contributed by atoms with Gasteiger partial charge in [0.15, 0.2) is 0 Å². The first kappa shape index (κ1) is 16.3. The zero-order valence-corrected chi connectivity index (χ0v) is 15.0. The Hall–Kier alpha value is -2.16. The summed E-state index contributed by atoms with van der Waals surface area (Å²) in [6.45, 7) is 2.05. The number of carbonyl (C=O) groups excluding carboxylic acids is 2. The second-order valence-electron chi connectivity index (χ2n) is 7.92. The summed E-state index contributed by atoms with van der Waals surface area (Å²) in [5.41, 5.74) is 1.02. The summed E-state index contributed by atoms with van der Waals surface area (Å²) in [6.07, 6.45) is 7.04. The summed E-state index contributed by atoms with van der Waals surface area (Å²) in [5.74, 6) is 0.343. The number of likely N-dealkylation sites (N-methyl/N-ethyl adjacent to an activating group) is 1. The van der Waals surface area contributed by atoms with Gasteiger partial charge in [-0.3, -0.25) is 14.5 Å². The highest BCUT2D eigenvalue weighted by Gasteiger charge is 2.48. The summed E-state index contributed by atoms with van der Waals surface area (Å²) in [4.78, 5) is 27.3. The molecule has 1 aliphatic heterocycles. The third-order valence-electron chi connectivity index (χ3n) is 6.21. The van der Waals surface area contributed by atoms with Crippen LogP contribution in [0.1, 0.15) is 61.4 Å². The van der Waals surface area contributed by atoms with E-state index in [1.54, 1.807) is 7.05 Å². The van der Waals surface area contributed by atoms with Gasteiger partial charge in [-0.2, -0.15) is 0 Å². The molecule has 1 heterocycles. The Morgan fingerprint density at radius 2 is 1.76 bits per heavy atom. The summed E-state index contributed by atoms with van der Waals surface area (Å²) in [7, 11) is 1.63. The SMILES string of the molecule is CN1C(=O)c2ccc3ccccc3c2C(C)(CC2CCCCC2)C1=O. The molecule has 1 fully saturated rings. The molecule has 1 saturated carbocycles. The second-order valence-corrected chi connectivity index (χ2v) is 7.92. The molecule has 1 atom stereocenters. The molecular formula is C22H25NO2. The maximum Gasteiger partial charge on any atom is 0.260 e. The zero-order valence-electron chi connectivity index (χ0n) is 15.0. The van der Waals surface area contributed by atoms with E-state index in [1.807, 2.05) is 24.3 Å². The van der Waals surface area contributed by atoms with Crippen LogP contribution >= 0.6 is 0 Å². The van der Waals surface area contributed by atoms with Crippen molar-refractivity contribution in [2.24, 2.45) is 5.92 Å². The highest BCUT2D eigenvalue weighted by atomic mass is 16.2. The second kappa shape index (κ2) is 5.98. The average molecular weight is 335 g/mol. The fourth-order valence-electron chi connectivity index (χ4n) is 4.95. The molecule has 130 valence electrons. The standard InChI is InChI=1S/C22H25NO2/c1-22(14-15-8-4-3-5-9-15)19-17-11-7-6-10-16(17)12-13-18(19)20(24)23(2)21(22)25/h6-7,10-13,15H,3-5,8-9,14H2,1-2H3. The number of hydrogen-bond donors (Lipinski definition) is 0. The maximum absolute atomic E-state index is 13.2. The Balaban J connectivity index is 1.91. The van der Waals surface area contributed by atoms with Crippen molar-refractivity contribution < 1.29 is 9.59 Å². The molecule has 1 unspecified atom stereocenters. The number of nitrogens with zero attached hydrogens (tertiary/aromatic N) is 1. The maximum atomic E-state index is 13.2. The van der Waals surface area contributed by atoms with E-state index in [2.05, 4.69) is 19.1 Å². The number of amides is 2. The third kappa shape index (κ3) is 2.48. The van der Waals surface area contributed by atoms with Gasteiger partial charge in [0, 0.05) is 12.6 Å². The lowest BCUT2D eigenvalue weighted by atomic mass is 9.67. The first-order valence-electron chi connectivity index (χ1n) is 9.37. The van der Waals surface area contributed by atoms with Gasteiger partial charge in [0.1, 0.15) is 0 Å². The van der Waals surface area contributed by atoms with E-state index in [9.17, 15) is 9.59 Å². The minimum atomic E-state index is -0.624. The van der Waals surface area contributed by atoms with Crippen molar-refractivity contribution in [1.29, 1.82) is 0 Å². The molecule has 0 spiro atoms. The van der Waals surface area contributed by atoms with Gasteiger partial charge < -0.3 is 0 Å². The molecule has 2 aromatic carbocycles. The Morgan fingerprint density at radius 1 is 1.04 bits per heavy atom. The summed E-state index contributed by atoms with van der Waals surface area (Å²) in [6, 6.07) is 12.0. The van der Waals surface area contributed by atoms with Gasteiger partial charge in [-0.05, 0) is 41.7 Å². The number of rotatable bonds is 2. The molecule has 1 aliphatic carbocycles. The van der Waals surface area contributed by atoms with Crippen molar-refractivity contribution in [3.8, 4) is 0 Å². The first-order chi connectivity index (χ1) is 12.0. The Bertz CT molecular complexity index is 850. The van der Waals surface area contributed by atoms with Gasteiger partial charge in [0.25, 0.3) is 5.91 Å². The molecule has 2 aliphatic rings. The van der Waals surface area contributed by atoms with E-state index in [-0.39, 0.29) is 11.8 Å². The molecule has 4 rings (SSSR count). The van der Waals surface area contributed by atoms with Crippen LogP contribution in [0.3, 0.4) is 0 Å². The van der Waals surface area contributed by atoms with E-state index < -0.39 is 5.41 Å².